The van der Waals surface area contributed by atoms with Crippen LogP contribution >= 0.6 is 0 Å². The van der Waals surface area contributed by atoms with Crippen LogP contribution in [0.1, 0.15) is 29.6 Å². The molecule has 0 atom stereocenters. The first-order valence-corrected chi connectivity index (χ1v) is 8.18. The van der Waals surface area contributed by atoms with E-state index in [1.165, 1.54) is 11.1 Å². The lowest BCUT2D eigenvalue weighted by molar-refractivity contribution is 0.662. The van der Waals surface area contributed by atoms with Crippen molar-refractivity contribution in [3.05, 3.63) is 53.1 Å². The number of aromatic nitrogens is 6. The van der Waals surface area contributed by atoms with Gasteiger partial charge in [0.05, 0.1) is 17.9 Å². The highest BCUT2D eigenvalue weighted by Crippen LogP contribution is 2.23. The maximum atomic E-state index is 4.68. The Bertz CT molecular complexity index is 854. The highest BCUT2D eigenvalue weighted by atomic mass is 15.6. The van der Waals surface area contributed by atoms with Crippen molar-refractivity contribution in [2.24, 2.45) is 0 Å². The van der Waals surface area contributed by atoms with Crippen LogP contribution in [0.3, 0.4) is 0 Å². The van der Waals surface area contributed by atoms with Crippen LogP contribution in [0.25, 0.3) is 5.69 Å². The average Bonchev–Trinajstić information content (AvgIpc) is 3.11. The van der Waals surface area contributed by atoms with Crippen molar-refractivity contribution in [3.8, 4) is 5.69 Å². The number of nitrogens with zero attached hydrogens (tertiary/aromatic N) is 7. The van der Waals surface area contributed by atoms with Gasteiger partial charge >= 0.3 is 0 Å². The van der Waals surface area contributed by atoms with Crippen molar-refractivity contribution in [1.82, 2.24) is 30.2 Å². The molecule has 1 aromatic carbocycles. The number of rotatable bonds is 3. The highest BCUT2D eigenvalue weighted by Gasteiger charge is 2.23. The lowest BCUT2D eigenvalue weighted by atomic mass is 10.1. The predicted molar refractivity (Wildman–Crippen MR) is 90.1 cm³/mol. The van der Waals surface area contributed by atoms with Crippen molar-refractivity contribution in [1.29, 1.82) is 0 Å². The number of hydrogen-bond acceptors (Lipinski definition) is 6. The SMILES string of the molecule is CCc1ncc2c(n1)CN(c1nnnn1-c1ccc(C)cc1)CC2. The third kappa shape index (κ3) is 2.62. The quantitative estimate of drug-likeness (QED) is 0.733. The molecule has 7 nitrogen and oxygen atoms in total. The Hall–Kier alpha value is -2.83. The third-order valence-corrected chi connectivity index (χ3v) is 4.33. The zero-order valence-electron chi connectivity index (χ0n) is 13.8. The molecular weight excluding hydrogens is 302 g/mol. The molecule has 122 valence electrons. The van der Waals surface area contributed by atoms with Gasteiger partial charge in [0, 0.05) is 19.2 Å². The van der Waals surface area contributed by atoms with Gasteiger partial charge in [0.15, 0.2) is 0 Å². The van der Waals surface area contributed by atoms with E-state index in [1.54, 1.807) is 4.68 Å². The van der Waals surface area contributed by atoms with E-state index in [9.17, 15) is 0 Å². The van der Waals surface area contributed by atoms with Gasteiger partial charge in [-0.2, -0.15) is 4.68 Å². The number of aryl methyl sites for hydroxylation is 2. The van der Waals surface area contributed by atoms with Gasteiger partial charge in [0.25, 0.3) is 5.95 Å². The van der Waals surface area contributed by atoms with E-state index in [0.717, 1.165) is 42.5 Å². The fraction of sp³-hybridized carbons (Fsp3) is 0.353. The molecule has 0 spiro atoms. The topological polar surface area (TPSA) is 72.6 Å². The van der Waals surface area contributed by atoms with E-state index in [4.69, 9.17) is 0 Å². The molecule has 1 aliphatic rings. The van der Waals surface area contributed by atoms with Crippen LogP contribution in [0.2, 0.25) is 0 Å². The molecule has 0 unspecified atom stereocenters. The molecule has 0 amide bonds. The van der Waals surface area contributed by atoms with Gasteiger partial charge < -0.3 is 4.90 Å². The summed E-state index contributed by atoms with van der Waals surface area (Å²) in [5.74, 6) is 1.63. The summed E-state index contributed by atoms with van der Waals surface area (Å²) in [6, 6.07) is 8.19. The van der Waals surface area contributed by atoms with E-state index >= 15 is 0 Å². The van der Waals surface area contributed by atoms with Gasteiger partial charge in [-0.15, -0.1) is 0 Å². The highest BCUT2D eigenvalue weighted by molar-refractivity contribution is 5.43. The van der Waals surface area contributed by atoms with E-state index < -0.39 is 0 Å². The second-order valence-corrected chi connectivity index (χ2v) is 6.01. The summed E-state index contributed by atoms with van der Waals surface area (Å²) < 4.78 is 1.78. The number of benzene rings is 1. The van der Waals surface area contributed by atoms with E-state index in [1.807, 2.05) is 18.3 Å². The Balaban J connectivity index is 1.66. The summed E-state index contributed by atoms with van der Waals surface area (Å²) >= 11 is 0. The molecule has 7 heteroatoms. The van der Waals surface area contributed by atoms with E-state index in [0.29, 0.717) is 6.54 Å². The second kappa shape index (κ2) is 5.99. The minimum absolute atomic E-state index is 0.705. The first-order chi connectivity index (χ1) is 11.7. The number of hydrogen-bond donors (Lipinski definition) is 0. The standard InChI is InChI=1S/C17H19N7/c1-3-16-18-10-13-8-9-23(11-15(13)19-16)17-20-21-22-24(17)14-6-4-12(2)5-7-14/h4-7,10H,3,8-9,11H2,1-2H3. The largest absolute Gasteiger partial charge is 0.333 e. The molecular formula is C17H19N7. The average molecular weight is 321 g/mol. The lowest BCUT2D eigenvalue weighted by Gasteiger charge is -2.28. The number of anilines is 1. The molecule has 0 fully saturated rings. The summed E-state index contributed by atoms with van der Waals surface area (Å²) in [4.78, 5) is 11.2. The van der Waals surface area contributed by atoms with Crippen LogP contribution in [0, 0.1) is 6.92 Å². The summed E-state index contributed by atoms with van der Waals surface area (Å²) in [5.41, 5.74) is 4.47. The van der Waals surface area contributed by atoms with E-state index in [-0.39, 0.29) is 0 Å². The van der Waals surface area contributed by atoms with Crippen molar-refractivity contribution in [2.45, 2.75) is 33.2 Å². The van der Waals surface area contributed by atoms with Crippen molar-refractivity contribution < 1.29 is 0 Å². The fourth-order valence-corrected chi connectivity index (χ4v) is 2.92. The molecule has 0 N–H and O–H groups in total. The Morgan fingerprint density at radius 2 is 2.00 bits per heavy atom. The maximum absolute atomic E-state index is 4.68. The zero-order chi connectivity index (χ0) is 16.5. The summed E-state index contributed by atoms with van der Waals surface area (Å²) in [6.45, 7) is 5.70. The van der Waals surface area contributed by atoms with Gasteiger partial charge in [0.1, 0.15) is 5.82 Å². The van der Waals surface area contributed by atoms with Gasteiger partial charge in [-0.05, 0) is 41.5 Å². The van der Waals surface area contributed by atoms with Crippen molar-refractivity contribution >= 4 is 5.95 Å². The van der Waals surface area contributed by atoms with Crippen LogP contribution in [-0.2, 0) is 19.4 Å². The summed E-state index contributed by atoms with van der Waals surface area (Å²) in [6.07, 6.45) is 3.70. The monoisotopic (exact) mass is 321 g/mol. The van der Waals surface area contributed by atoms with Gasteiger partial charge in [-0.3, -0.25) is 0 Å². The number of fused-ring (bicyclic) bond motifs is 1. The molecule has 4 rings (SSSR count). The number of tetrazole rings is 1. The lowest BCUT2D eigenvalue weighted by Crippen LogP contribution is -2.33. The van der Waals surface area contributed by atoms with Crippen LogP contribution in [0.4, 0.5) is 5.95 Å². The minimum atomic E-state index is 0.705. The summed E-state index contributed by atoms with van der Waals surface area (Å²) in [7, 11) is 0. The Kier molecular flexibility index (Phi) is 3.68. The predicted octanol–water partition coefficient (Wildman–Crippen LogP) is 1.89. The molecule has 0 radical (unpaired) electrons. The van der Waals surface area contributed by atoms with E-state index in [2.05, 4.69) is 56.4 Å². The zero-order valence-corrected chi connectivity index (χ0v) is 13.8. The Labute approximate surface area is 140 Å². The Morgan fingerprint density at radius 3 is 2.79 bits per heavy atom. The van der Waals surface area contributed by atoms with Gasteiger partial charge in [0.2, 0.25) is 0 Å². The first kappa shape index (κ1) is 14.7. The van der Waals surface area contributed by atoms with Gasteiger partial charge in [-0.25, -0.2) is 9.97 Å². The third-order valence-electron chi connectivity index (χ3n) is 4.33. The van der Waals surface area contributed by atoms with Crippen molar-refractivity contribution in [2.75, 3.05) is 11.4 Å². The van der Waals surface area contributed by atoms with Crippen molar-refractivity contribution in [3.63, 3.8) is 0 Å². The molecule has 24 heavy (non-hydrogen) atoms. The molecule has 0 aliphatic carbocycles. The van der Waals surface area contributed by atoms with Crippen LogP contribution in [-0.4, -0.2) is 36.7 Å². The normalized spacial score (nSPS) is 13.8. The molecule has 0 saturated heterocycles. The summed E-state index contributed by atoms with van der Waals surface area (Å²) in [5, 5.41) is 12.3. The fourth-order valence-electron chi connectivity index (χ4n) is 2.92. The smallest absolute Gasteiger partial charge is 0.250 e. The van der Waals surface area contributed by atoms with Crippen LogP contribution < -0.4 is 4.90 Å². The van der Waals surface area contributed by atoms with Gasteiger partial charge in [-0.1, -0.05) is 29.7 Å². The second-order valence-electron chi connectivity index (χ2n) is 6.01. The molecule has 3 aromatic rings. The van der Waals surface area contributed by atoms with Crippen LogP contribution in [0.15, 0.2) is 30.5 Å². The van der Waals surface area contributed by atoms with Crippen LogP contribution in [0.5, 0.6) is 0 Å². The molecule has 0 bridgehead atoms. The molecule has 1 aliphatic heterocycles. The maximum Gasteiger partial charge on any atom is 0.250 e. The molecule has 3 heterocycles. The minimum Gasteiger partial charge on any atom is -0.333 e. The first-order valence-electron chi connectivity index (χ1n) is 8.18. The Morgan fingerprint density at radius 1 is 1.17 bits per heavy atom. The molecule has 2 aromatic heterocycles. The molecule has 0 saturated carbocycles.